The minimum absolute atomic E-state index is 0.177. The summed E-state index contributed by atoms with van der Waals surface area (Å²) in [6.45, 7) is 6.29. The highest BCUT2D eigenvalue weighted by molar-refractivity contribution is 7.08. The van der Waals surface area contributed by atoms with E-state index in [-0.39, 0.29) is 17.2 Å². The van der Waals surface area contributed by atoms with Crippen LogP contribution in [-0.4, -0.2) is 5.91 Å². The summed E-state index contributed by atoms with van der Waals surface area (Å²) in [4.78, 5) is 11.7. The number of thiophene rings is 1. The molecule has 2 rings (SSSR count). The van der Waals surface area contributed by atoms with Gasteiger partial charge < -0.3 is 5.32 Å². The van der Waals surface area contributed by atoms with E-state index in [1.807, 2.05) is 17.7 Å². The van der Waals surface area contributed by atoms with Crippen LogP contribution >= 0.6 is 11.3 Å². The number of hydrogen-bond donors (Lipinski definition) is 1. The maximum absolute atomic E-state index is 11.7. The van der Waals surface area contributed by atoms with E-state index >= 15 is 0 Å². The molecule has 1 aromatic rings. The zero-order valence-corrected chi connectivity index (χ0v) is 9.57. The molecule has 1 saturated carbocycles. The third-order valence-electron chi connectivity index (χ3n) is 2.94. The van der Waals surface area contributed by atoms with Crippen molar-refractivity contribution in [1.82, 2.24) is 0 Å². The third kappa shape index (κ3) is 1.69. The normalized spacial score (nSPS) is 23.2. The average molecular weight is 209 g/mol. The predicted molar refractivity (Wildman–Crippen MR) is 59.6 cm³/mol. The van der Waals surface area contributed by atoms with Crippen molar-refractivity contribution < 1.29 is 4.79 Å². The van der Waals surface area contributed by atoms with Crippen LogP contribution < -0.4 is 5.32 Å². The first-order valence-electron chi connectivity index (χ1n) is 4.84. The fourth-order valence-electron chi connectivity index (χ4n) is 1.62. The lowest BCUT2D eigenvalue weighted by Gasteiger charge is -2.05. The van der Waals surface area contributed by atoms with Crippen LogP contribution in [0.3, 0.4) is 0 Å². The van der Waals surface area contributed by atoms with E-state index < -0.39 is 0 Å². The zero-order chi connectivity index (χ0) is 10.3. The molecule has 1 atom stereocenters. The van der Waals surface area contributed by atoms with E-state index in [0.29, 0.717) is 0 Å². The van der Waals surface area contributed by atoms with Crippen molar-refractivity contribution >= 4 is 22.9 Å². The largest absolute Gasteiger partial charge is 0.325 e. The topological polar surface area (TPSA) is 29.1 Å². The molecule has 0 spiro atoms. The van der Waals surface area contributed by atoms with E-state index in [1.165, 1.54) is 0 Å². The van der Waals surface area contributed by atoms with Crippen molar-refractivity contribution in [3.05, 3.63) is 16.3 Å². The second-order valence-electron chi connectivity index (χ2n) is 4.70. The summed E-state index contributed by atoms with van der Waals surface area (Å²) in [7, 11) is 0. The summed E-state index contributed by atoms with van der Waals surface area (Å²) >= 11 is 1.63. The van der Waals surface area contributed by atoms with Gasteiger partial charge in [0.1, 0.15) is 0 Å². The summed E-state index contributed by atoms with van der Waals surface area (Å²) in [5.41, 5.74) is 2.35. The highest BCUT2D eigenvalue weighted by Gasteiger charge is 2.50. The molecule has 1 heterocycles. The van der Waals surface area contributed by atoms with Gasteiger partial charge in [-0.25, -0.2) is 0 Å². The van der Waals surface area contributed by atoms with Crippen molar-refractivity contribution in [2.75, 3.05) is 5.32 Å². The van der Waals surface area contributed by atoms with Gasteiger partial charge in [-0.1, -0.05) is 13.8 Å². The molecule has 0 bridgehead atoms. The number of rotatable bonds is 2. The third-order valence-corrected chi connectivity index (χ3v) is 3.80. The fourth-order valence-corrected chi connectivity index (χ4v) is 2.40. The first-order chi connectivity index (χ1) is 6.50. The number of carbonyl (C=O) groups is 1. The molecule has 1 aliphatic rings. The summed E-state index contributed by atoms with van der Waals surface area (Å²) in [6, 6.07) is 0. The average Bonchev–Trinajstić information content (AvgIpc) is 2.54. The van der Waals surface area contributed by atoms with Gasteiger partial charge in [0.25, 0.3) is 0 Å². The van der Waals surface area contributed by atoms with Gasteiger partial charge in [-0.2, -0.15) is 0 Å². The standard InChI is InChI=1S/C11H15NOS/c1-7-5-14-6-9(7)12-10(13)8-4-11(8,2)3/h5-6,8H,4H2,1-3H3,(H,12,13)/t8-/m1/s1. The summed E-state index contributed by atoms with van der Waals surface area (Å²) in [6.07, 6.45) is 1.02. The van der Waals surface area contributed by atoms with Gasteiger partial charge in [0.2, 0.25) is 5.91 Å². The van der Waals surface area contributed by atoms with Crippen molar-refractivity contribution in [3.63, 3.8) is 0 Å². The monoisotopic (exact) mass is 209 g/mol. The van der Waals surface area contributed by atoms with E-state index in [1.54, 1.807) is 11.3 Å². The maximum atomic E-state index is 11.7. The van der Waals surface area contributed by atoms with Gasteiger partial charge in [0.15, 0.2) is 0 Å². The van der Waals surface area contributed by atoms with Crippen LogP contribution in [0.4, 0.5) is 5.69 Å². The lowest BCUT2D eigenvalue weighted by atomic mass is 10.1. The molecule has 1 N–H and O–H groups in total. The Morgan fingerprint density at radius 1 is 1.57 bits per heavy atom. The molecule has 2 nitrogen and oxygen atoms in total. The minimum Gasteiger partial charge on any atom is -0.325 e. The van der Waals surface area contributed by atoms with E-state index in [4.69, 9.17) is 0 Å². The Morgan fingerprint density at radius 3 is 2.64 bits per heavy atom. The smallest absolute Gasteiger partial charge is 0.228 e. The van der Waals surface area contributed by atoms with Crippen LogP contribution in [-0.2, 0) is 4.79 Å². The van der Waals surface area contributed by atoms with Crippen LogP contribution in [0.25, 0.3) is 0 Å². The number of hydrogen-bond acceptors (Lipinski definition) is 2. The van der Waals surface area contributed by atoms with Crippen molar-refractivity contribution in [3.8, 4) is 0 Å². The second-order valence-corrected chi connectivity index (χ2v) is 5.45. The maximum Gasteiger partial charge on any atom is 0.228 e. The number of carbonyl (C=O) groups excluding carboxylic acids is 1. The fraction of sp³-hybridized carbons (Fsp3) is 0.545. The molecule has 0 saturated heterocycles. The van der Waals surface area contributed by atoms with Gasteiger partial charge in [-0.05, 0) is 29.7 Å². The molecule has 1 aromatic heterocycles. The lowest BCUT2D eigenvalue weighted by molar-refractivity contribution is -0.118. The van der Waals surface area contributed by atoms with Gasteiger partial charge in [-0.3, -0.25) is 4.79 Å². The molecule has 0 radical (unpaired) electrons. The van der Waals surface area contributed by atoms with Gasteiger partial charge >= 0.3 is 0 Å². The van der Waals surface area contributed by atoms with E-state index in [0.717, 1.165) is 17.7 Å². The van der Waals surface area contributed by atoms with Crippen molar-refractivity contribution in [2.45, 2.75) is 27.2 Å². The molecule has 0 aromatic carbocycles. The van der Waals surface area contributed by atoms with Crippen molar-refractivity contribution in [2.24, 2.45) is 11.3 Å². The zero-order valence-electron chi connectivity index (χ0n) is 8.76. The summed E-state index contributed by atoms with van der Waals surface area (Å²) in [5.74, 6) is 0.387. The first-order valence-corrected chi connectivity index (χ1v) is 5.78. The van der Waals surface area contributed by atoms with Crippen LogP contribution in [0.2, 0.25) is 0 Å². The Hall–Kier alpha value is -0.830. The van der Waals surface area contributed by atoms with E-state index in [2.05, 4.69) is 19.2 Å². The van der Waals surface area contributed by atoms with Gasteiger partial charge in [0.05, 0.1) is 5.69 Å². The second kappa shape index (κ2) is 3.09. The molecule has 3 heteroatoms. The number of nitrogens with one attached hydrogen (secondary N) is 1. The molecular formula is C11H15NOS. The van der Waals surface area contributed by atoms with Crippen LogP contribution in [0.1, 0.15) is 25.8 Å². The van der Waals surface area contributed by atoms with Crippen LogP contribution in [0.5, 0.6) is 0 Å². The van der Waals surface area contributed by atoms with Crippen LogP contribution in [0, 0.1) is 18.3 Å². The minimum atomic E-state index is 0.177. The summed E-state index contributed by atoms with van der Waals surface area (Å²) in [5, 5.41) is 7.02. The lowest BCUT2D eigenvalue weighted by Crippen LogP contribution is -2.16. The van der Waals surface area contributed by atoms with Crippen molar-refractivity contribution in [1.29, 1.82) is 0 Å². The Kier molecular flexibility index (Phi) is 2.14. The van der Waals surface area contributed by atoms with Crippen LogP contribution in [0.15, 0.2) is 10.8 Å². The first kappa shape index (κ1) is 9.71. The Morgan fingerprint density at radius 2 is 2.21 bits per heavy atom. The highest BCUT2D eigenvalue weighted by atomic mass is 32.1. The number of amides is 1. The van der Waals surface area contributed by atoms with E-state index in [9.17, 15) is 4.79 Å². The molecule has 0 unspecified atom stereocenters. The van der Waals surface area contributed by atoms with Gasteiger partial charge in [-0.15, -0.1) is 11.3 Å². The SMILES string of the molecule is Cc1cscc1NC(=O)[C@H]1CC1(C)C. The number of anilines is 1. The quantitative estimate of drug-likeness (QED) is 0.797. The Balaban J connectivity index is 2.00. The Bertz CT molecular complexity index is 367. The molecule has 0 aliphatic heterocycles. The summed E-state index contributed by atoms with van der Waals surface area (Å²) < 4.78 is 0. The molecule has 1 aliphatic carbocycles. The molecule has 1 amide bonds. The van der Waals surface area contributed by atoms with Gasteiger partial charge in [0, 0.05) is 11.3 Å². The Labute approximate surface area is 88.3 Å². The molecule has 76 valence electrons. The number of aryl methyl sites for hydroxylation is 1. The molecule has 14 heavy (non-hydrogen) atoms. The highest BCUT2D eigenvalue weighted by Crippen LogP contribution is 2.52. The molecule has 1 fully saturated rings. The molecular weight excluding hydrogens is 194 g/mol. The predicted octanol–water partition coefficient (Wildman–Crippen LogP) is 3.04.